The fourth-order valence-electron chi connectivity index (χ4n) is 2.97. The standard InChI is InChI=1S/C15H21BrFN/c1-2-18-14(11-6-3-4-7-11)10-12-8-5-9-13(17)15(12)16/h5,8-9,11,14,18H,2-4,6-7,10H2,1H3. The van der Waals surface area contributed by atoms with Crippen LogP contribution in [0, 0.1) is 11.7 Å². The second kappa shape index (κ2) is 6.67. The van der Waals surface area contributed by atoms with Gasteiger partial charge in [-0.2, -0.15) is 0 Å². The van der Waals surface area contributed by atoms with Crippen LogP contribution in [0.15, 0.2) is 22.7 Å². The molecule has 2 rings (SSSR count). The van der Waals surface area contributed by atoms with Gasteiger partial charge >= 0.3 is 0 Å². The number of hydrogen-bond donors (Lipinski definition) is 1. The van der Waals surface area contributed by atoms with Crippen LogP contribution >= 0.6 is 15.9 Å². The maximum absolute atomic E-state index is 13.5. The van der Waals surface area contributed by atoms with Gasteiger partial charge in [0.25, 0.3) is 0 Å². The molecular formula is C15H21BrFN. The van der Waals surface area contributed by atoms with Gasteiger partial charge in [-0.3, -0.25) is 0 Å². The van der Waals surface area contributed by atoms with Crippen LogP contribution in [0.25, 0.3) is 0 Å². The maximum atomic E-state index is 13.5. The van der Waals surface area contributed by atoms with E-state index in [0.29, 0.717) is 10.5 Å². The summed E-state index contributed by atoms with van der Waals surface area (Å²) in [7, 11) is 0. The fraction of sp³-hybridized carbons (Fsp3) is 0.600. The number of rotatable bonds is 5. The van der Waals surface area contributed by atoms with Crippen molar-refractivity contribution in [1.29, 1.82) is 0 Å². The predicted octanol–water partition coefficient (Wildman–Crippen LogP) is 4.30. The highest BCUT2D eigenvalue weighted by Crippen LogP contribution is 2.31. The monoisotopic (exact) mass is 313 g/mol. The summed E-state index contributed by atoms with van der Waals surface area (Å²) in [6.45, 7) is 3.12. The van der Waals surface area contributed by atoms with Gasteiger partial charge in [-0.25, -0.2) is 4.39 Å². The quantitative estimate of drug-likeness (QED) is 0.854. The minimum absolute atomic E-state index is 0.158. The van der Waals surface area contributed by atoms with Crippen LogP contribution in [-0.2, 0) is 6.42 Å². The SMILES string of the molecule is CCNC(Cc1cccc(F)c1Br)C1CCCC1. The van der Waals surface area contributed by atoms with Crippen LogP contribution in [-0.4, -0.2) is 12.6 Å². The van der Waals surface area contributed by atoms with Crippen molar-refractivity contribution in [3.8, 4) is 0 Å². The van der Waals surface area contributed by atoms with Gasteiger partial charge in [0.15, 0.2) is 0 Å². The first-order valence-electron chi connectivity index (χ1n) is 6.88. The third-order valence-electron chi connectivity index (χ3n) is 3.91. The highest BCUT2D eigenvalue weighted by atomic mass is 79.9. The molecule has 18 heavy (non-hydrogen) atoms. The van der Waals surface area contributed by atoms with E-state index in [9.17, 15) is 4.39 Å². The Hall–Kier alpha value is -0.410. The Labute approximate surface area is 117 Å². The molecule has 0 heterocycles. The van der Waals surface area contributed by atoms with Gasteiger partial charge in [0.2, 0.25) is 0 Å². The number of hydrogen-bond acceptors (Lipinski definition) is 1. The van der Waals surface area contributed by atoms with Crippen LogP contribution < -0.4 is 5.32 Å². The second-order valence-electron chi connectivity index (χ2n) is 5.13. The summed E-state index contributed by atoms with van der Waals surface area (Å²) in [6.07, 6.45) is 6.22. The molecule has 1 aromatic rings. The van der Waals surface area contributed by atoms with Crippen LogP contribution in [0.3, 0.4) is 0 Å². The summed E-state index contributed by atoms with van der Waals surface area (Å²) in [5.41, 5.74) is 1.08. The molecule has 100 valence electrons. The van der Waals surface area contributed by atoms with E-state index in [1.54, 1.807) is 6.07 Å². The van der Waals surface area contributed by atoms with Gasteiger partial charge < -0.3 is 5.32 Å². The Kier molecular flexibility index (Phi) is 5.19. The molecule has 1 unspecified atom stereocenters. The molecule has 1 atom stereocenters. The van der Waals surface area contributed by atoms with Gasteiger partial charge in [0.05, 0.1) is 4.47 Å². The van der Waals surface area contributed by atoms with E-state index >= 15 is 0 Å². The Morgan fingerprint density at radius 3 is 2.78 bits per heavy atom. The lowest BCUT2D eigenvalue weighted by Gasteiger charge is -2.25. The van der Waals surface area contributed by atoms with Crippen LogP contribution in [0.1, 0.15) is 38.2 Å². The number of nitrogens with one attached hydrogen (secondary N) is 1. The van der Waals surface area contributed by atoms with Gasteiger partial charge in [0, 0.05) is 6.04 Å². The van der Waals surface area contributed by atoms with E-state index in [1.165, 1.54) is 31.7 Å². The molecular weight excluding hydrogens is 293 g/mol. The summed E-state index contributed by atoms with van der Waals surface area (Å²) >= 11 is 3.37. The second-order valence-corrected chi connectivity index (χ2v) is 5.92. The Balaban J connectivity index is 2.10. The molecule has 1 nitrogen and oxygen atoms in total. The molecule has 0 saturated heterocycles. The van der Waals surface area contributed by atoms with Gasteiger partial charge in [-0.1, -0.05) is 31.9 Å². The van der Waals surface area contributed by atoms with Gasteiger partial charge in [-0.05, 0) is 59.3 Å². The zero-order valence-electron chi connectivity index (χ0n) is 10.9. The van der Waals surface area contributed by atoms with E-state index in [4.69, 9.17) is 0 Å². The minimum Gasteiger partial charge on any atom is -0.314 e. The number of halogens is 2. The van der Waals surface area contributed by atoms with Crippen molar-refractivity contribution in [1.82, 2.24) is 5.32 Å². The van der Waals surface area contributed by atoms with Crippen molar-refractivity contribution in [3.05, 3.63) is 34.1 Å². The summed E-state index contributed by atoms with van der Waals surface area (Å²) in [6, 6.07) is 5.81. The highest BCUT2D eigenvalue weighted by molar-refractivity contribution is 9.10. The fourth-order valence-corrected chi connectivity index (χ4v) is 3.40. The first-order chi connectivity index (χ1) is 8.72. The lowest BCUT2D eigenvalue weighted by molar-refractivity contribution is 0.361. The van der Waals surface area contributed by atoms with Crippen molar-refractivity contribution < 1.29 is 4.39 Å². The Bertz CT molecular complexity index is 388. The summed E-state index contributed by atoms with van der Waals surface area (Å²) in [5, 5.41) is 3.58. The molecule has 0 bridgehead atoms. The molecule has 1 aliphatic rings. The van der Waals surface area contributed by atoms with Crippen molar-refractivity contribution in [2.45, 2.75) is 45.1 Å². The minimum atomic E-state index is -0.158. The van der Waals surface area contributed by atoms with E-state index < -0.39 is 0 Å². The largest absolute Gasteiger partial charge is 0.314 e. The maximum Gasteiger partial charge on any atom is 0.137 e. The van der Waals surface area contributed by atoms with E-state index in [0.717, 1.165) is 24.4 Å². The zero-order valence-corrected chi connectivity index (χ0v) is 12.5. The van der Waals surface area contributed by atoms with Crippen LogP contribution in [0.4, 0.5) is 4.39 Å². The lowest BCUT2D eigenvalue weighted by atomic mass is 9.92. The van der Waals surface area contributed by atoms with Crippen LogP contribution in [0.5, 0.6) is 0 Å². The van der Waals surface area contributed by atoms with Crippen molar-refractivity contribution in [2.75, 3.05) is 6.54 Å². The third-order valence-corrected chi connectivity index (χ3v) is 4.79. The zero-order chi connectivity index (χ0) is 13.0. The highest BCUT2D eigenvalue weighted by Gasteiger charge is 2.25. The molecule has 1 fully saturated rings. The first-order valence-corrected chi connectivity index (χ1v) is 7.68. The Morgan fingerprint density at radius 1 is 1.39 bits per heavy atom. The summed E-state index contributed by atoms with van der Waals surface area (Å²) < 4.78 is 14.2. The molecule has 0 spiro atoms. The Morgan fingerprint density at radius 2 is 2.11 bits per heavy atom. The van der Waals surface area contributed by atoms with E-state index in [1.807, 2.05) is 6.07 Å². The predicted molar refractivity (Wildman–Crippen MR) is 77.2 cm³/mol. The molecule has 1 aromatic carbocycles. The van der Waals surface area contributed by atoms with E-state index in [2.05, 4.69) is 28.2 Å². The molecule has 1 aliphatic carbocycles. The molecule has 0 aromatic heterocycles. The number of likely N-dealkylation sites (N-methyl/N-ethyl adjacent to an activating group) is 1. The smallest absolute Gasteiger partial charge is 0.137 e. The van der Waals surface area contributed by atoms with Crippen LogP contribution in [0.2, 0.25) is 0 Å². The van der Waals surface area contributed by atoms with Gasteiger partial charge in [0.1, 0.15) is 5.82 Å². The average molecular weight is 314 g/mol. The van der Waals surface area contributed by atoms with Crippen molar-refractivity contribution in [2.24, 2.45) is 5.92 Å². The normalized spacial score (nSPS) is 18.2. The molecule has 0 radical (unpaired) electrons. The average Bonchev–Trinajstić information content (AvgIpc) is 2.88. The summed E-state index contributed by atoms with van der Waals surface area (Å²) in [4.78, 5) is 0. The van der Waals surface area contributed by atoms with Gasteiger partial charge in [-0.15, -0.1) is 0 Å². The van der Waals surface area contributed by atoms with Crippen molar-refractivity contribution >= 4 is 15.9 Å². The lowest BCUT2D eigenvalue weighted by Crippen LogP contribution is -2.37. The molecule has 0 amide bonds. The molecule has 3 heteroatoms. The van der Waals surface area contributed by atoms with E-state index in [-0.39, 0.29) is 5.82 Å². The third kappa shape index (κ3) is 3.33. The first kappa shape index (κ1) is 14.0. The van der Waals surface area contributed by atoms with Crippen molar-refractivity contribution in [3.63, 3.8) is 0 Å². The molecule has 1 saturated carbocycles. The molecule has 0 aliphatic heterocycles. The summed E-state index contributed by atoms with van der Waals surface area (Å²) in [5.74, 6) is 0.592. The topological polar surface area (TPSA) is 12.0 Å². The number of benzene rings is 1. The molecule has 1 N–H and O–H groups in total.